The van der Waals surface area contributed by atoms with Crippen LogP contribution in [0.5, 0.6) is 5.75 Å². The Labute approximate surface area is 214 Å². The molecule has 2 amide bonds. The van der Waals surface area contributed by atoms with Crippen LogP contribution in [0.4, 0.5) is 4.79 Å². The highest BCUT2D eigenvalue weighted by atomic mass is 16.6. The van der Waals surface area contributed by atoms with Gasteiger partial charge in [0.1, 0.15) is 17.5 Å². The second-order valence-electron chi connectivity index (χ2n) is 10.8. The third-order valence-corrected chi connectivity index (χ3v) is 6.56. The van der Waals surface area contributed by atoms with E-state index < -0.39 is 5.60 Å². The quantitative estimate of drug-likeness (QED) is 0.615. The fraction of sp³-hybridized carbons (Fsp3) is 0.536. The molecule has 2 aliphatic rings. The summed E-state index contributed by atoms with van der Waals surface area (Å²) in [6.45, 7) is 10.4. The number of pyridine rings is 1. The summed E-state index contributed by atoms with van der Waals surface area (Å²) < 4.78 is 12.0. The number of amides is 2. The van der Waals surface area contributed by atoms with Gasteiger partial charge in [0.2, 0.25) is 0 Å². The zero-order chi connectivity index (χ0) is 25.9. The van der Waals surface area contributed by atoms with Crippen LogP contribution in [-0.4, -0.2) is 71.7 Å². The van der Waals surface area contributed by atoms with Crippen molar-refractivity contribution >= 4 is 12.0 Å². The van der Waals surface area contributed by atoms with E-state index in [9.17, 15) is 9.59 Å². The van der Waals surface area contributed by atoms with E-state index in [2.05, 4.69) is 29.3 Å². The maximum absolute atomic E-state index is 12.6. The minimum absolute atomic E-state index is 0.0245. The fourth-order valence-corrected chi connectivity index (χ4v) is 4.46. The number of ether oxygens (including phenoxy) is 2. The Morgan fingerprint density at radius 2 is 1.83 bits per heavy atom. The highest BCUT2D eigenvalue weighted by Gasteiger charge is 2.32. The highest BCUT2D eigenvalue weighted by molar-refractivity contribution is 5.94. The van der Waals surface area contributed by atoms with Crippen LogP contribution in [0, 0.1) is 0 Å². The zero-order valence-corrected chi connectivity index (χ0v) is 22.0. The summed E-state index contributed by atoms with van der Waals surface area (Å²) in [4.78, 5) is 33.4. The number of nitrogens with zero attached hydrogens (tertiary/aromatic N) is 3. The molecule has 36 heavy (non-hydrogen) atoms. The van der Waals surface area contributed by atoms with Gasteiger partial charge in [-0.3, -0.25) is 14.7 Å². The molecule has 1 aliphatic carbocycles. The van der Waals surface area contributed by atoms with Gasteiger partial charge in [-0.15, -0.1) is 0 Å². The zero-order valence-electron chi connectivity index (χ0n) is 22.0. The van der Waals surface area contributed by atoms with Gasteiger partial charge in [-0.1, -0.05) is 6.07 Å². The molecule has 1 N–H and O–H groups in total. The van der Waals surface area contributed by atoms with Gasteiger partial charge in [0.25, 0.3) is 5.91 Å². The number of hydrogen-bond acceptors (Lipinski definition) is 6. The second kappa shape index (κ2) is 10.9. The first-order valence-corrected chi connectivity index (χ1v) is 12.8. The lowest BCUT2D eigenvalue weighted by molar-refractivity contribution is -0.00299. The second-order valence-corrected chi connectivity index (χ2v) is 10.8. The van der Waals surface area contributed by atoms with Crippen molar-refractivity contribution in [1.29, 1.82) is 0 Å². The van der Waals surface area contributed by atoms with Crippen LogP contribution < -0.4 is 10.1 Å². The molecule has 4 rings (SSSR count). The minimum Gasteiger partial charge on any atom is -0.484 e. The number of hydrogen-bond donors (Lipinski definition) is 1. The topological polar surface area (TPSA) is 84.0 Å². The van der Waals surface area contributed by atoms with Crippen LogP contribution in [0.1, 0.15) is 74.2 Å². The molecular formula is C28H38N4O4. The van der Waals surface area contributed by atoms with Crippen LogP contribution in [0.25, 0.3) is 0 Å². The number of aromatic nitrogens is 1. The average molecular weight is 495 g/mol. The molecule has 2 heterocycles. The van der Waals surface area contributed by atoms with Crippen LogP contribution in [0.15, 0.2) is 42.6 Å². The molecule has 1 saturated heterocycles. The molecule has 8 nitrogen and oxygen atoms in total. The lowest BCUT2D eigenvalue weighted by Gasteiger charge is -2.41. The van der Waals surface area contributed by atoms with Gasteiger partial charge in [-0.2, -0.15) is 0 Å². The first-order valence-electron chi connectivity index (χ1n) is 12.8. The molecule has 2 fully saturated rings. The summed E-state index contributed by atoms with van der Waals surface area (Å²) >= 11 is 0. The lowest BCUT2D eigenvalue weighted by Crippen LogP contribution is -2.55. The van der Waals surface area contributed by atoms with Gasteiger partial charge < -0.3 is 19.7 Å². The van der Waals surface area contributed by atoms with Crippen LogP contribution >= 0.6 is 0 Å². The lowest BCUT2D eigenvalue weighted by atomic mass is 10.1. The summed E-state index contributed by atoms with van der Waals surface area (Å²) in [5.74, 6) is 1.16. The highest BCUT2D eigenvalue weighted by Crippen LogP contribution is 2.39. The SMILES string of the molecule is CNC(=O)c1ccc(OC(CN2CCN(C(=O)OC(C)(C)C)[C@H](C)C2)c2ccc(C3CC3)nc2)cc1. The summed E-state index contributed by atoms with van der Waals surface area (Å²) in [6, 6.07) is 11.4. The number of piperazine rings is 1. The van der Waals surface area contributed by atoms with Gasteiger partial charge in [0, 0.05) is 68.2 Å². The molecular weight excluding hydrogens is 456 g/mol. The monoisotopic (exact) mass is 494 g/mol. The number of benzene rings is 1. The molecule has 2 atom stereocenters. The van der Waals surface area contributed by atoms with E-state index in [0.29, 0.717) is 30.3 Å². The van der Waals surface area contributed by atoms with E-state index in [1.807, 2.05) is 39.1 Å². The number of carbonyl (C=O) groups excluding carboxylic acids is 2. The molecule has 1 saturated carbocycles. The Hall–Kier alpha value is -3.13. The Morgan fingerprint density at radius 3 is 2.39 bits per heavy atom. The molecule has 8 heteroatoms. The Kier molecular flexibility index (Phi) is 7.83. The third kappa shape index (κ3) is 6.75. The molecule has 1 unspecified atom stereocenters. The minimum atomic E-state index is -0.514. The van der Waals surface area contributed by atoms with Gasteiger partial charge >= 0.3 is 6.09 Å². The van der Waals surface area contributed by atoms with Gasteiger partial charge in [0.05, 0.1) is 0 Å². The van der Waals surface area contributed by atoms with Gasteiger partial charge in [0.15, 0.2) is 0 Å². The van der Waals surface area contributed by atoms with Gasteiger partial charge in [-0.25, -0.2) is 4.79 Å². The van der Waals surface area contributed by atoms with E-state index >= 15 is 0 Å². The maximum Gasteiger partial charge on any atom is 0.410 e. The predicted octanol–water partition coefficient (Wildman–Crippen LogP) is 4.38. The summed E-state index contributed by atoms with van der Waals surface area (Å²) in [7, 11) is 1.62. The maximum atomic E-state index is 12.6. The molecule has 1 aliphatic heterocycles. The van der Waals surface area contributed by atoms with E-state index in [4.69, 9.17) is 14.5 Å². The summed E-state index contributed by atoms with van der Waals surface area (Å²) in [5.41, 5.74) is 2.23. The molecule has 0 bridgehead atoms. The van der Waals surface area contributed by atoms with Crippen LogP contribution in [0.2, 0.25) is 0 Å². The van der Waals surface area contributed by atoms with E-state index in [-0.39, 0.29) is 24.1 Å². The summed E-state index contributed by atoms with van der Waals surface area (Å²) in [5, 5.41) is 2.64. The number of rotatable bonds is 7. The van der Waals surface area contributed by atoms with E-state index in [0.717, 1.165) is 24.3 Å². The molecule has 1 aromatic carbocycles. The van der Waals surface area contributed by atoms with Crippen molar-refractivity contribution in [3.63, 3.8) is 0 Å². The Bertz CT molecular complexity index is 1040. The molecule has 0 radical (unpaired) electrons. The van der Waals surface area contributed by atoms with Crippen molar-refractivity contribution in [2.24, 2.45) is 0 Å². The molecule has 194 valence electrons. The van der Waals surface area contributed by atoms with E-state index in [1.54, 1.807) is 24.1 Å². The molecule has 0 spiro atoms. The first-order chi connectivity index (χ1) is 17.1. The largest absolute Gasteiger partial charge is 0.484 e. The van der Waals surface area contributed by atoms with Crippen molar-refractivity contribution in [3.8, 4) is 5.75 Å². The van der Waals surface area contributed by atoms with Crippen molar-refractivity contribution in [1.82, 2.24) is 20.1 Å². The first kappa shape index (κ1) is 25.9. The van der Waals surface area contributed by atoms with Crippen LogP contribution in [-0.2, 0) is 4.74 Å². The third-order valence-electron chi connectivity index (χ3n) is 6.56. The Morgan fingerprint density at radius 1 is 1.11 bits per heavy atom. The Balaban J connectivity index is 1.46. The fourth-order valence-electron chi connectivity index (χ4n) is 4.46. The smallest absolute Gasteiger partial charge is 0.410 e. The standard InChI is InChI=1S/C28H38N4O4/c1-19-17-31(14-15-32(19)27(34)36-28(2,3)4)18-25(22-10-13-24(30-16-22)20-6-7-20)35-23-11-8-21(9-12-23)26(33)29-5/h8-13,16,19-20,25H,6-7,14-15,17-18H2,1-5H3,(H,29,33)/t19-,25?/m1/s1. The van der Waals surface area contributed by atoms with Crippen molar-refractivity contribution in [3.05, 3.63) is 59.4 Å². The van der Waals surface area contributed by atoms with Crippen molar-refractivity contribution in [2.45, 2.75) is 64.2 Å². The molecule has 2 aromatic rings. The predicted molar refractivity (Wildman–Crippen MR) is 138 cm³/mol. The number of carbonyl (C=O) groups is 2. The van der Waals surface area contributed by atoms with Gasteiger partial charge in [-0.05, 0) is 70.9 Å². The van der Waals surface area contributed by atoms with Crippen molar-refractivity contribution in [2.75, 3.05) is 33.2 Å². The van der Waals surface area contributed by atoms with Crippen LogP contribution in [0.3, 0.4) is 0 Å². The summed E-state index contributed by atoms with van der Waals surface area (Å²) in [6.07, 6.45) is 3.85. The molecule has 1 aromatic heterocycles. The number of nitrogens with one attached hydrogen (secondary N) is 1. The van der Waals surface area contributed by atoms with E-state index in [1.165, 1.54) is 12.8 Å². The normalized spacial score (nSPS) is 19.5. The van der Waals surface area contributed by atoms with Crippen molar-refractivity contribution < 1.29 is 19.1 Å². The average Bonchev–Trinajstić information content (AvgIpc) is 3.68.